The number of halogens is 1. The van der Waals surface area contributed by atoms with Crippen LogP contribution in [0.15, 0.2) is 0 Å². The van der Waals surface area contributed by atoms with E-state index in [2.05, 4.69) is 25.3 Å². The fraction of sp³-hybridized carbons (Fsp3) is 0.667. The molecule has 0 amide bonds. The van der Waals surface area contributed by atoms with E-state index in [1.54, 1.807) is 0 Å². The van der Waals surface area contributed by atoms with Crippen molar-refractivity contribution in [2.75, 3.05) is 11.5 Å². The van der Waals surface area contributed by atoms with Gasteiger partial charge in [-0.05, 0) is 0 Å². The maximum atomic E-state index is 9.76. The van der Waals surface area contributed by atoms with Crippen molar-refractivity contribution >= 4 is 49.6 Å². The second kappa shape index (κ2) is 14.8. The van der Waals surface area contributed by atoms with Crippen molar-refractivity contribution in [1.82, 2.24) is 0 Å². The van der Waals surface area contributed by atoms with E-state index in [1.807, 2.05) is 0 Å². The molecule has 7 nitrogen and oxygen atoms in total. The van der Waals surface area contributed by atoms with Crippen LogP contribution in [-0.2, 0) is 9.59 Å². The van der Waals surface area contributed by atoms with Crippen molar-refractivity contribution in [3.05, 3.63) is 0 Å². The van der Waals surface area contributed by atoms with Gasteiger partial charge in [-0.1, -0.05) is 0 Å². The maximum Gasteiger partial charge on any atom is 0.321 e. The molecule has 0 rings (SSSR count). The summed E-state index contributed by atoms with van der Waals surface area (Å²) in [5, 5.41) is 16.0. The summed E-state index contributed by atoms with van der Waals surface area (Å²) in [6.07, 6.45) is 0. The molecule has 0 aliphatic heterocycles. The SMILES string of the molecule is Cl.N[C@@H](CS)C(=O)O.N[C@@H](CS)C(=O)O.O. The first-order valence-electron chi connectivity index (χ1n) is 3.55. The average molecular weight is 297 g/mol. The van der Waals surface area contributed by atoms with Gasteiger partial charge in [-0.15, -0.1) is 12.4 Å². The predicted molar refractivity (Wildman–Crippen MR) is 69.8 cm³/mol. The highest BCUT2D eigenvalue weighted by molar-refractivity contribution is 7.80. The number of carboxylic acid groups (broad SMARTS) is 2. The molecule has 0 saturated heterocycles. The highest BCUT2D eigenvalue weighted by atomic mass is 35.5. The van der Waals surface area contributed by atoms with Crippen molar-refractivity contribution in [2.24, 2.45) is 11.5 Å². The molecule has 0 fully saturated rings. The van der Waals surface area contributed by atoms with Crippen LogP contribution in [0.3, 0.4) is 0 Å². The molecule has 0 aromatic rings. The Bertz CT molecular complexity index is 178. The number of aliphatic carboxylic acids is 2. The minimum atomic E-state index is -1.00. The fourth-order valence-corrected chi connectivity index (χ4v) is 0.469. The third kappa shape index (κ3) is 16.2. The zero-order valence-corrected chi connectivity index (χ0v) is 10.8. The highest BCUT2D eigenvalue weighted by Crippen LogP contribution is 1.80. The predicted octanol–water partition coefficient (Wildman–Crippen LogP) is -1.75. The Labute approximate surface area is 110 Å². The summed E-state index contributed by atoms with van der Waals surface area (Å²) >= 11 is 7.30. The van der Waals surface area contributed by atoms with E-state index < -0.39 is 24.0 Å². The first kappa shape index (κ1) is 24.9. The molecule has 0 heterocycles. The van der Waals surface area contributed by atoms with E-state index in [4.69, 9.17) is 21.7 Å². The third-order valence-corrected chi connectivity index (χ3v) is 1.81. The van der Waals surface area contributed by atoms with E-state index in [9.17, 15) is 9.59 Å². The Morgan fingerprint density at radius 3 is 1.19 bits per heavy atom. The second-order valence-electron chi connectivity index (χ2n) is 2.25. The van der Waals surface area contributed by atoms with Crippen molar-refractivity contribution < 1.29 is 25.3 Å². The molecule has 2 atom stereocenters. The summed E-state index contributed by atoms with van der Waals surface area (Å²) in [5.41, 5.74) is 9.88. The number of hydrogen-bond donors (Lipinski definition) is 6. The van der Waals surface area contributed by atoms with Gasteiger partial charge in [-0.3, -0.25) is 9.59 Å². The van der Waals surface area contributed by atoms with Gasteiger partial charge in [-0.25, -0.2) is 0 Å². The van der Waals surface area contributed by atoms with E-state index in [0.29, 0.717) is 0 Å². The van der Waals surface area contributed by atoms with Crippen molar-refractivity contribution in [3.8, 4) is 0 Å². The summed E-state index contributed by atoms with van der Waals surface area (Å²) in [5.74, 6) is -1.63. The number of carbonyl (C=O) groups is 2. The lowest BCUT2D eigenvalue weighted by Gasteiger charge is -1.96. The third-order valence-electron chi connectivity index (χ3n) is 1.03. The molecule has 0 bridgehead atoms. The summed E-state index contributed by atoms with van der Waals surface area (Å²) in [4.78, 5) is 19.5. The highest BCUT2D eigenvalue weighted by Gasteiger charge is 2.06. The van der Waals surface area contributed by atoms with Gasteiger partial charge in [0.25, 0.3) is 0 Å². The van der Waals surface area contributed by atoms with E-state index in [0.717, 1.165) is 0 Å². The summed E-state index contributed by atoms with van der Waals surface area (Å²) in [6, 6.07) is -1.63. The lowest BCUT2D eigenvalue weighted by Crippen LogP contribution is -2.31. The quantitative estimate of drug-likeness (QED) is 0.338. The Kier molecular flexibility index (Phi) is 23.0. The van der Waals surface area contributed by atoms with Crippen LogP contribution < -0.4 is 11.5 Å². The Morgan fingerprint density at radius 2 is 1.19 bits per heavy atom. The molecule has 10 heteroatoms. The van der Waals surface area contributed by atoms with Crippen molar-refractivity contribution in [3.63, 3.8) is 0 Å². The van der Waals surface area contributed by atoms with Gasteiger partial charge in [-0.2, -0.15) is 25.3 Å². The van der Waals surface area contributed by atoms with Gasteiger partial charge >= 0.3 is 11.9 Å². The van der Waals surface area contributed by atoms with Crippen LogP contribution in [0.1, 0.15) is 0 Å². The second-order valence-corrected chi connectivity index (χ2v) is 2.98. The van der Waals surface area contributed by atoms with Gasteiger partial charge in [0.1, 0.15) is 12.1 Å². The molecule has 16 heavy (non-hydrogen) atoms. The van der Waals surface area contributed by atoms with E-state index in [1.165, 1.54) is 0 Å². The molecule has 0 radical (unpaired) electrons. The number of carboxylic acids is 2. The van der Waals surface area contributed by atoms with Crippen LogP contribution in [0.4, 0.5) is 0 Å². The van der Waals surface area contributed by atoms with Gasteiger partial charge in [0.05, 0.1) is 0 Å². The molecular weight excluding hydrogens is 280 g/mol. The smallest absolute Gasteiger partial charge is 0.321 e. The molecule has 100 valence electrons. The monoisotopic (exact) mass is 296 g/mol. The Balaban J connectivity index is -0.0000000800. The minimum absolute atomic E-state index is 0. The number of hydrogen-bond acceptors (Lipinski definition) is 6. The van der Waals surface area contributed by atoms with Crippen LogP contribution in [0.25, 0.3) is 0 Å². The van der Waals surface area contributed by atoms with Crippen LogP contribution in [-0.4, -0.2) is 51.2 Å². The topological polar surface area (TPSA) is 158 Å². The Hall–Kier alpha value is -0.190. The largest absolute Gasteiger partial charge is 0.480 e. The molecule has 0 unspecified atom stereocenters. The van der Waals surface area contributed by atoms with E-state index in [-0.39, 0.29) is 29.4 Å². The molecule has 0 saturated carbocycles. The van der Waals surface area contributed by atoms with Crippen LogP contribution in [0.5, 0.6) is 0 Å². The standard InChI is InChI=1S/2C3H7NO2S.ClH.H2O/c2*4-2(1-7)3(5)6;;/h2*2,7H,1,4H2,(H,5,6);1H;1H2/t2*2-;;/m00../s1. The molecule has 0 aliphatic carbocycles. The zero-order chi connectivity index (χ0) is 11.7. The minimum Gasteiger partial charge on any atom is -0.480 e. The summed E-state index contributed by atoms with van der Waals surface area (Å²) in [6.45, 7) is 0. The fourth-order valence-electron chi connectivity index (χ4n) is 0.156. The average Bonchev–Trinajstić information content (AvgIpc) is 2.15. The first-order chi connectivity index (χ1) is 6.36. The van der Waals surface area contributed by atoms with Crippen LogP contribution in [0.2, 0.25) is 0 Å². The molecule has 8 N–H and O–H groups in total. The van der Waals surface area contributed by atoms with Gasteiger partial charge in [0.15, 0.2) is 0 Å². The van der Waals surface area contributed by atoms with Crippen molar-refractivity contribution in [2.45, 2.75) is 12.1 Å². The van der Waals surface area contributed by atoms with Crippen LogP contribution in [0, 0.1) is 0 Å². The molecular formula is C6H17ClN2O5S2. The van der Waals surface area contributed by atoms with Gasteiger partial charge < -0.3 is 27.2 Å². The number of thiol groups is 2. The molecule has 0 aromatic carbocycles. The maximum absolute atomic E-state index is 9.76. The molecule has 0 aromatic heterocycles. The van der Waals surface area contributed by atoms with Gasteiger partial charge in [0.2, 0.25) is 0 Å². The lowest BCUT2D eigenvalue weighted by atomic mass is 10.4. The first-order valence-corrected chi connectivity index (χ1v) is 4.81. The summed E-state index contributed by atoms with van der Waals surface area (Å²) < 4.78 is 0. The van der Waals surface area contributed by atoms with Crippen molar-refractivity contribution in [1.29, 1.82) is 0 Å². The van der Waals surface area contributed by atoms with E-state index >= 15 is 0 Å². The molecule has 0 spiro atoms. The molecule has 0 aliphatic rings. The van der Waals surface area contributed by atoms with Gasteiger partial charge in [0, 0.05) is 11.5 Å². The zero-order valence-electron chi connectivity index (χ0n) is 8.24. The number of nitrogens with two attached hydrogens (primary N) is 2. The number of rotatable bonds is 4. The normalized spacial score (nSPS) is 11.8. The van der Waals surface area contributed by atoms with Crippen LogP contribution >= 0.6 is 37.7 Å². The lowest BCUT2D eigenvalue weighted by molar-refractivity contribution is -0.138. The Morgan fingerprint density at radius 1 is 1.00 bits per heavy atom. The summed E-state index contributed by atoms with van der Waals surface area (Å²) in [7, 11) is 0.